The summed E-state index contributed by atoms with van der Waals surface area (Å²) in [4.78, 5) is 20.4. The zero-order chi connectivity index (χ0) is 21.9. The number of fused-ring (bicyclic) bond motifs is 1. The van der Waals surface area contributed by atoms with Crippen molar-refractivity contribution in [3.63, 3.8) is 0 Å². The maximum Gasteiger partial charge on any atom is 0.335 e. The molecule has 4 N–H and O–H groups in total. The molecule has 0 bridgehead atoms. The van der Waals surface area contributed by atoms with Crippen LogP contribution in [0.2, 0.25) is 0 Å². The fourth-order valence-corrected chi connectivity index (χ4v) is 2.88. The van der Waals surface area contributed by atoms with E-state index in [9.17, 15) is 19.8 Å². The molecule has 0 saturated heterocycles. The largest absolute Gasteiger partial charge is 0.478 e. The molecule has 4 rings (SSSR count). The van der Waals surface area contributed by atoms with E-state index in [0.29, 0.717) is 17.5 Å². The summed E-state index contributed by atoms with van der Waals surface area (Å²) in [6.45, 7) is 0. The SMILES string of the molecule is O=C(O)c1ccccc1.O=C(O)c1ccccc1.O[C@@H]1c2ccccc2CC[C@@H]1O. The van der Waals surface area contributed by atoms with Gasteiger partial charge in [-0.25, -0.2) is 9.59 Å². The minimum atomic E-state index is -0.879. The van der Waals surface area contributed by atoms with Crippen LogP contribution in [0, 0.1) is 0 Å². The van der Waals surface area contributed by atoms with E-state index < -0.39 is 24.1 Å². The van der Waals surface area contributed by atoms with Crippen molar-refractivity contribution < 1.29 is 30.0 Å². The van der Waals surface area contributed by atoms with Crippen LogP contribution >= 0.6 is 0 Å². The molecule has 0 amide bonds. The predicted octanol–water partition coefficient (Wildman–Crippen LogP) is 3.80. The van der Waals surface area contributed by atoms with Crippen LogP contribution in [0.4, 0.5) is 0 Å². The molecule has 1 aliphatic rings. The fourth-order valence-electron chi connectivity index (χ4n) is 2.88. The first kappa shape index (κ1) is 22.8. The van der Waals surface area contributed by atoms with Crippen LogP contribution in [0.1, 0.15) is 44.4 Å². The molecule has 3 aromatic rings. The average molecular weight is 408 g/mol. The second kappa shape index (κ2) is 11.5. The molecule has 2 atom stereocenters. The van der Waals surface area contributed by atoms with Crippen LogP contribution in [0.25, 0.3) is 0 Å². The summed E-state index contributed by atoms with van der Waals surface area (Å²) in [5.41, 5.74) is 2.71. The summed E-state index contributed by atoms with van der Waals surface area (Å²) >= 11 is 0. The molecule has 30 heavy (non-hydrogen) atoms. The Kier molecular flexibility index (Phi) is 8.75. The third-order valence-corrected chi connectivity index (χ3v) is 4.49. The number of carboxylic acid groups (broad SMARTS) is 2. The maximum atomic E-state index is 10.2. The van der Waals surface area contributed by atoms with Crippen LogP contribution in [0.3, 0.4) is 0 Å². The van der Waals surface area contributed by atoms with E-state index in [0.717, 1.165) is 17.5 Å². The third kappa shape index (κ3) is 6.84. The summed E-state index contributed by atoms with van der Waals surface area (Å²) < 4.78 is 0. The zero-order valence-electron chi connectivity index (χ0n) is 16.3. The van der Waals surface area contributed by atoms with Gasteiger partial charge >= 0.3 is 11.9 Å². The van der Waals surface area contributed by atoms with Crippen molar-refractivity contribution in [1.82, 2.24) is 0 Å². The summed E-state index contributed by atoms with van der Waals surface area (Å²) in [7, 11) is 0. The Hall–Kier alpha value is -3.48. The van der Waals surface area contributed by atoms with Crippen molar-refractivity contribution in [2.75, 3.05) is 0 Å². The molecule has 1 aliphatic carbocycles. The van der Waals surface area contributed by atoms with Gasteiger partial charge in [-0.1, -0.05) is 60.7 Å². The van der Waals surface area contributed by atoms with Crippen molar-refractivity contribution in [2.45, 2.75) is 25.0 Å². The quantitative estimate of drug-likeness (QED) is 0.513. The predicted molar refractivity (Wildman–Crippen MR) is 113 cm³/mol. The molecule has 0 fully saturated rings. The third-order valence-electron chi connectivity index (χ3n) is 4.49. The van der Waals surface area contributed by atoms with Crippen molar-refractivity contribution in [1.29, 1.82) is 0 Å². The molecule has 0 saturated carbocycles. The van der Waals surface area contributed by atoms with Gasteiger partial charge in [0.1, 0.15) is 6.10 Å². The first-order valence-corrected chi connectivity index (χ1v) is 9.40. The fraction of sp³-hybridized carbons (Fsp3) is 0.167. The molecule has 156 valence electrons. The highest BCUT2D eigenvalue weighted by atomic mass is 16.4. The molecule has 0 aromatic heterocycles. The lowest BCUT2D eigenvalue weighted by atomic mass is 9.88. The summed E-state index contributed by atoms with van der Waals surface area (Å²) in [6, 6.07) is 24.3. The average Bonchev–Trinajstić information content (AvgIpc) is 2.78. The molecule has 6 heteroatoms. The molecule has 3 aromatic carbocycles. The number of hydrogen-bond acceptors (Lipinski definition) is 4. The van der Waals surface area contributed by atoms with Crippen LogP contribution in [-0.4, -0.2) is 38.5 Å². The number of carbonyl (C=O) groups is 2. The van der Waals surface area contributed by atoms with Gasteiger partial charge < -0.3 is 20.4 Å². The van der Waals surface area contributed by atoms with Crippen molar-refractivity contribution in [3.05, 3.63) is 107 Å². The topological polar surface area (TPSA) is 115 Å². The van der Waals surface area contributed by atoms with E-state index in [2.05, 4.69) is 0 Å². The Balaban J connectivity index is 0.000000163. The highest BCUT2D eigenvalue weighted by Gasteiger charge is 2.25. The van der Waals surface area contributed by atoms with Gasteiger partial charge in [-0.15, -0.1) is 0 Å². The molecule has 0 heterocycles. The molecular weight excluding hydrogens is 384 g/mol. The van der Waals surface area contributed by atoms with Gasteiger partial charge in [0.25, 0.3) is 0 Å². The lowest BCUT2D eigenvalue weighted by molar-refractivity contribution is 0.00650. The minimum Gasteiger partial charge on any atom is -0.478 e. The molecular formula is C24H24O6. The van der Waals surface area contributed by atoms with E-state index in [1.807, 2.05) is 24.3 Å². The van der Waals surface area contributed by atoms with Gasteiger partial charge in [0.15, 0.2) is 0 Å². The number of rotatable bonds is 2. The Labute approximate surface area is 174 Å². The van der Waals surface area contributed by atoms with E-state index in [1.165, 1.54) is 0 Å². The summed E-state index contributed by atoms with van der Waals surface area (Å²) in [5.74, 6) is -1.76. The standard InChI is InChI=1S/C10H12O2.2C7H6O2/c11-9-6-5-7-3-1-2-4-8(7)10(9)12;2*8-7(9)6-4-2-1-3-5-6/h1-4,9-12H,5-6H2;2*1-5H,(H,8,9)/t9-,10+;;/m0../s1. The zero-order valence-corrected chi connectivity index (χ0v) is 16.3. The molecule has 0 spiro atoms. The summed E-state index contributed by atoms with van der Waals surface area (Å²) in [6.07, 6.45) is 0.266. The highest BCUT2D eigenvalue weighted by molar-refractivity contribution is 5.87. The van der Waals surface area contributed by atoms with E-state index in [4.69, 9.17) is 10.2 Å². The Morgan fingerprint density at radius 1 is 0.667 bits per heavy atom. The minimum absolute atomic E-state index is 0.331. The number of benzene rings is 3. The first-order chi connectivity index (χ1) is 14.4. The summed E-state index contributed by atoms with van der Waals surface area (Å²) in [5, 5.41) is 35.7. The van der Waals surface area contributed by atoms with Gasteiger partial charge in [0.2, 0.25) is 0 Å². The van der Waals surface area contributed by atoms with Crippen molar-refractivity contribution in [3.8, 4) is 0 Å². The van der Waals surface area contributed by atoms with E-state index in [-0.39, 0.29) is 0 Å². The first-order valence-electron chi connectivity index (χ1n) is 9.40. The van der Waals surface area contributed by atoms with Gasteiger partial charge in [0.05, 0.1) is 17.2 Å². The van der Waals surface area contributed by atoms with Crippen LogP contribution in [0.5, 0.6) is 0 Å². The van der Waals surface area contributed by atoms with Gasteiger partial charge in [-0.05, 0) is 48.2 Å². The van der Waals surface area contributed by atoms with E-state index >= 15 is 0 Å². The Morgan fingerprint density at radius 3 is 1.53 bits per heavy atom. The van der Waals surface area contributed by atoms with Gasteiger partial charge in [-0.3, -0.25) is 0 Å². The van der Waals surface area contributed by atoms with Crippen LogP contribution in [-0.2, 0) is 6.42 Å². The number of aliphatic hydroxyl groups is 2. The normalized spacial score (nSPS) is 16.6. The van der Waals surface area contributed by atoms with E-state index in [1.54, 1.807) is 60.7 Å². The highest BCUT2D eigenvalue weighted by Crippen LogP contribution is 2.29. The second-order valence-corrected chi connectivity index (χ2v) is 6.59. The molecule has 0 unspecified atom stereocenters. The van der Waals surface area contributed by atoms with Gasteiger partial charge in [0, 0.05) is 0 Å². The van der Waals surface area contributed by atoms with Crippen molar-refractivity contribution in [2.24, 2.45) is 0 Å². The molecule has 0 aliphatic heterocycles. The number of aromatic carboxylic acids is 2. The van der Waals surface area contributed by atoms with Crippen molar-refractivity contribution >= 4 is 11.9 Å². The Morgan fingerprint density at radius 2 is 1.10 bits per heavy atom. The van der Waals surface area contributed by atoms with Crippen LogP contribution < -0.4 is 0 Å². The van der Waals surface area contributed by atoms with Gasteiger partial charge in [-0.2, -0.15) is 0 Å². The number of aliphatic hydroxyl groups excluding tert-OH is 2. The Bertz CT molecular complexity index is 891. The second-order valence-electron chi connectivity index (χ2n) is 6.59. The lowest BCUT2D eigenvalue weighted by Gasteiger charge is -2.25. The number of aryl methyl sites for hydroxylation is 1. The van der Waals surface area contributed by atoms with Crippen LogP contribution in [0.15, 0.2) is 84.9 Å². The monoisotopic (exact) mass is 408 g/mol. The lowest BCUT2D eigenvalue weighted by Crippen LogP contribution is -2.24. The molecule has 0 radical (unpaired) electrons. The number of hydrogen-bond donors (Lipinski definition) is 4. The number of carboxylic acids is 2. The maximum absolute atomic E-state index is 10.2. The molecule has 6 nitrogen and oxygen atoms in total. The smallest absolute Gasteiger partial charge is 0.335 e.